The van der Waals surface area contributed by atoms with Crippen molar-refractivity contribution < 1.29 is 23.8 Å². The first-order valence-electron chi connectivity index (χ1n) is 8.93. The van der Waals surface area contributed by atoms with Gasteiger partial charge in [0.25, 0.3) is 5.91 Å². The molecule has 1 amide bonds. The Balaban J connectivity index is 1.70. The lowest BCUT2D eigenvalue weighted by molar-refractivity contribution is -0.191. The van der Waals surface area contributed by atoms with Gasteiger partial charge in [0.15, 0.2) is 6.29 Å². The van der Waals surface area contributed by atoms with E-state index in [1.807, 2.05) is 6.07 Å². The van der Waals surface area contributed by atoms with Gasteiger partial charge in [0.1, 0.15) is 6.10 Å². The predicted octanol–water partition coefficient (Wildman–Crippen LogP) is 2.57. The van der Waals surface area contributed by atoms with Gasteiger partial charge >= 0.3 is 5.97 Å². The highest BCUT2D eigenvalue weighted by Gasteiger charge is 2.31. The molecule has 3 rings (SSSR count). The summed E-state index contributed by atoms with van der Waals surface area (Å²) in [6, 6.07) is 10.5. The monoisotopic (exact) mass is 382 g/mol. The van der Waals surface area contributed by atoms with Gasteiger partial charge in [0.2, 0.25) is 0 Å². The van der Waals surface area contributed by atoms with Crippen LogP contribution in [0.3, 0.4) is 0 Å². The Morgan fingerprint density at radius 2 is 2.00 bits per heavy atom. The van der Waals surface area contributed by atoms with Crippen LogP contribution in [-0.2, 0) is 14.2 Å². The van der Waals surface area contributed by atoms with Crippen LogP contribution in [0.25, 0.3) is 6.08 Å². The van der Waals surface area contributed by atoms with Gasteiger partial charge in [-0.15, -0.1) is 0 Å². The number of hydrogen-bond acceptors (Lipinski definition) is 6. The largest absolute Gasteiger partial charge is 0.458 e. The molecule has 1 aromatic heterocycles. The number of amides is 1. The molecule has 0 radical (unpaired) electrons. The van der Waals surface area contributed by atoms with E-state index in [0.717, 1.165) is 0 Å². The Kier molecular flexibility index (Phi) is 6.52. The van der Waals surface area contributed by atoms with E-state index in [0.29, 0.717) is 29.5 Å². The van der Waals surface area contributed by atoms with E-state index < -0.39 is 12.2 Å². The normalized spacial score (nSPS) is 22.1. The second-order valence-corrected chi connectivity index (χ2v) is 6.39. The summed E-state index contributed by atoms with van der Waals surface area (Å²) in [5, 5.41) is 0. The number of ether oxygens (including phenoxy) is 3. The molecule has 2 N–H and O–H groups in total. The molecule has 1 aliphatic heterocycles. The fourth-order valence-electron chi connectivity index (χ4n) is 3.01. The molecule has 28 heavy (non-hydrogen) atoms. The first-order chi connectivity index (χ1) is 13.6. The van der Waals surface area contributed by atoms with Gasteiger partial charge in [-0.3, -0.25) is 9.78 Å². The zero-order chi connectivity index (χ0) is 19.9. The number of methoxy groups -OCH3 is 1. The van der Waals surface area contributed by atoms with E-state index >= 15 is 0 Å². The van der Waals surface area contributed by atoms with Crippen molar-refractivity contribution in [3.8, 4) is 0 Å². The van der Waals surface area contributed by atoms with Gasteiger partial charge in [-0.1, -0.05) is 30.4 Å². The molecule has 1 aliphatic rings. The van der Waals surface area contributed by atoms with Crippen molar-refractivity contribution in [1.82, 2.24) is 4.98 Å². The molecule has 0 spiro atoms. The van der Waals surface area contributed by atoms with Crippen LogP contribution < -0.4 is 5.73 Å². The van der Waals surface area contributed by atoms with Crippen molar-refractivity contribution in [2.24, 2.45) is 5.73 Å². The molecule has 146 valence electrons. The van der Waals surface area contributed by atoms with E-state index in [-0.39, 0.29) is 18.2 Å². The zero-order valence-electron chi connectivity index (χ0n) is 15.5. The van der Waals surface area contributed by atoms with Crippen molar-refractivity contribution in [2.75, 3.05) is 7.11 Å². The third kappa shape index (κ3) is 5.03. The zero-order valence-corrected chi connectivity index (χ0v) is 15.5. The van der Waals surface area contributed by atoms with Crippen LogP contribution in [0.1, 0.15) is 39.1 Å². The fourth-order valence-corrected chi connectivity index (χ4v) is 3.01. The van der Waals surface area contributed by atoms with Gasteiger partial charge in [-0.25, -0.2) is 4.79 Å². The topological polar surface area (TPSA) is 101 Å². The summed E-state index contributed by atoms with van der Waals surface area (Å²) < 4.78 is 16.8. The molecule has 0 saturated carbocycles. The number of primary amides is 1. The fraction of sp³-hybridized carbons (Fsp3) is 0.286. The van der Waals surface area contributed by atoms with Gasteiger partial charge in [0.05, 0.1) is 17.2 Å². The van der Waals surface area contributed by atoms with Crippen molar-refractivity contribution in [3.63, 3.8) is 0 Å². The first-order valence-corrected chi connectivity index (χ1v) is 8.93. The molecular weight excluding hydrogens is 360 g/mol. The highest BCUT2D eigenvalue weighted by atomic mass is 16.7. The minimum atomic E-state index is -0.554. The number of carbonyl (C=O) groups excluding carboxylic acids is 2. The molecule has 0 unspecified atom stereocenters. The summed E-state index contributed by atoms with van der Waals surface area (Å²) in [5.74, 6) is -0.933. The number of hydrogen-bond donors (Lipinski definition) is 1. The number of carbonyl (C=O) groups is 2. The quantitative estimate of drug-likeness (QED) is 0.771. The van der Waals surface area contributed by atoms with Crippen molar-refractivity contribution >= 4 is 18.0 Å². The van der Waals surface area contributed by atoms with Crippen molar-refractivity contribution in [3.05, 3.63) is 71.6 Å². The van der Waals surface area contributed by atoms with Crippen molar-refractivity contribution in [1.29, 1.82) is 0 Å². The number of rotatable bonds is 6. The Labute approximate surface area is 163 Å². The Morgan fingerprint density at radius 1 is 1.21 bits per heavy atom. The summed E-state index contributed by atoms with van der Waals surface area (Å²) in [4.78, 5) is 27.8. The van der Waals surface area contributed by atoms with Gasteiger partial charge in [-0.2, -0.15) is 0 Å². The molecule has 7 heteroatoms. The van der Waals surface area contributed by atoms with E-state index in [1.165, 1.54) is 6.20 Å². The summed E-state index contributed by atoms with van der Waals surface area (Å²) >= 11 is 0. The lowest BCUT2D eigenvalue weighted by Crippen LogP contribution is -2.38. The van der Waals surface area contributed by atoms with Crippen LogP contribution in [0.2, 0.25) is 0 Å². The second-order valence-electron chi connectivity index (χ2n) is 6.39. The SMILES string of the molecule is CO[C@@H]1C[C@H](OC(=O)c2ccccc2)C[C@H](/C=C/c2ccncc2C(N)=O)O1. The van der Waals surface area contributed by atoms with Crippen LogP contribution in [-0.4, -0.2) is 42.5 Å². The summed E-state index contributed by atoms with van der Waals surface area (Å²) in [7, 11) is 1.54. The second kappa shape index (κ2) is 9.25. The Hall–Kier alpha value is -3.03. The molecule has 7 nitrogen and oxygen atoms in total. The number of nitrogens with two attached hydrogens (primary N) is 1. The minimum Gasteiger partial charge on any atom is -0.458 e. The average molecular weight is 382 g/mol. The molecule has 3 atom stereocenters. The summed E-state index contributed by atoms with van der Waals surface area (Å²) in [6.07, 6.45) is 6.28. The number of nitrogens with zero attached hydrogens (tertiary/aromatic N) is 1. The maximum Gasteiger partial charge on any atom is 0.338 e. The molecule has 0 bridgehead atoms. The molecule has 2 aromatic rings. The third-order valence-corrected chi connectivity index (χ3v) is 4.43. The van der Waals surface area contributed by atoms with Gasteiger partial charge < -0.3 is 19.9 Å². The van der Waals surface area contributed by atoms with Crippen LogP contribution in [0.4, 0.5) is 0 Å². The van der Waals surface area contributed by atoms with Crippen LogP contribution >= 0.6 is 0 Å². The smallest absolute Gasteiger partial charge is 0.338 e. The molecule has 2 heterocycles. The summed E-state index contributed by atoms with van der Waals surface area (Å²) in [5.41, 5.74) is 6.84. The Morgan fingerprint density at radius 3 is 2.71 bits per heavy atom. The number of aromatic nitrogens is 1. The van der Waals surface area contributed by atoms with E-state index in [1.54, 1.807) is 55.8 Å². The van der Waals surface area contributed by atoms with E-state index in [4.69, 9.17) is 19.9 Å². The maximum absolute atomic E-state index is 12.3. The predicted molar refractivity (Wildman–Crippen MR) is 102 cm³/mol. The molecule has 1 fully saturated rings. The minimum absolute atomic E-state index is 0.324. The van der Waals surface area contributed by atoms with Gasteiger partial charge in [-0.05, 0) is 23.8 Å². The van der Waals surface area contributed by atoms with Crippen LogP contribution in [0.5, 0.6) is 0 Å². The highest BCUT2D eigenvalue weighted by molar-refractivity contribution is 5.96. The van der Waals surface area contributed by atoms with Crippen LogP contribution in [0.15, 0.2) is 54.9 Å². The standard InChI is InChI=1S/C21H22N2O5/c1-26-19-12-17(28-21(25)15-5-3-2-4-6-15)11-16(27-19)8-7-14-9-10-23-13-18(14)20(22)24/h2-10,13,16-17,19H,11-12H2,1H3,(H2,22,24)/b8-7+/t16-,17+,19-/m0/s1. The maximum atomic E-state index is 12.3. The van der Waals surface area contributed by atoms with E-state index in [2.05, 4.69) is 4.98 Å². The van der Waals surface area contributed by atoms with Crippen LogP contribution in [0, 0.1) is 0 Å². The number of pyridine rings is 1. The van der Waals surface area contributed by atoms with Crippen molar-refractivity contribution in [2.45, 2.75) is 31.3 Å². The molecule has 0 aliphatic carbocycles. The molecule has 1 saturated heterocycles. The number of esters is 1. The lowest BCUT2D eigenvalue weighted by atomic mass is 10.0. The first kappa shape index (κ1) is 19.7. The number of benzene rings is 1. The van der Waals surface area contributed by atoms with E-state index in [9.17, 15) is 9.59 Å². The summed E-state index contributed by atoms with van der Waals surface area (Å²) in [6.45, 7) is 0. The molecular formula is C21H22N2O5. The average Bonchev–Trinajstić information content (AvgIpc) is 2.72. The van der Waals surface area contributed by atoms with Gasteiger partial charge in [0, 0.05) is 32.3 Å². The third-order valence-electron chi connectivity index (χ3n) is 4.43. The Bertz CT molecular complexity index is 853. The molecule has 1 aromatic carbocycles. The lowest BCUT2D eigenvalue weighted by Gasteiger charge is -2.33. The highest BCUT2D eigenvalue weighted by Crippen LogP contribution is 2.25.